The van der Waals surface area contributed by atoms with Crippen molar-refractivity contribution in [2.45, 2.75) is 30.4 Å². The second-order valence-electron chi connectivity index (χ2n) is 14.5. The number of hydrogen-bond acceptors (Lipinski definition) is 10. The molecule has 59 heavy (non-hydrogen) atoms. The molecule has 4 amide bonds. The Kier molecular flexibility index (Phi) is 9.62. The van der Waals surface area contributed by atoms with Gasteiger partial charge in [0.15, 0.2) is 5.82 Å². The molecule has 2 saturated heterocycles. The van der Waals surface area contributed by atoms with Crippen molar-refractivity contribution >= 4 is 64.3 Å². The fourth-order valence-corrected chi connectivity index (χ4v) is 9.63. The summed E-state index contributed by atoms with van der Waals surface area (Å²) < 4.78 is 51.8. The maximum Gasteiger partial charge on any atom is 0.417 e. The maximum atomic E-state index is 15.5. The van der Waals surface area contributed by atoms with Gasteiger partial charge in [0.1, 0.15) is 17.2 Å². The summed E-state index contributed by atoms with van der Waals surface area (Å²) in [5.41, 5.74) is 0.0123. The minimum atomic E-state index is -4.80. The van der Waals surface area contributed by atoms with Crippen LogP contribution in [0, 0.1) is 23.7 Å². The molecule has 6 atom stereocenters. The Balaban J connectivity index is 1.34. The molecule has 2 aliphatic carbocycles. The van der Waals surface area contributed by atoms with Crippen LogP contribution in [0.15, 0.2) is 84.6 Å². The molecule has 8 rings (SSSR count). The number of amides is 4. The Hall–Kier alpha value is -6.13. The first kappa shape index (κ1) is 39.7. The van der Waals surface area contributed by atoms with Crippen molar-refractivity contribution in [3.63, 3.8) is 0 Å². The van der Waals surface area contributed by atoms with Crippen LogP contribution in [0.4, 0.5) is 24.7 Å². The van der Waals surface area contributed by atoms with Gasteiger partial charge in [0.2, 0.25) is 11.8 Å². The van der Waals surface area contributed by atoms with E-state index < -0.39 is 92.9 Å². The molecule has 18 heteroatoms. The lowest BCUT2D eigenvalue weighted by Crippen LogP contribution is -2.53. The van der Waals surface area contributed by atoms with Crippen molar-refractivity contribution < 1.29 is 56.8 Å². The number of imide groups is 2. The van der Waals surface area contributed by atoms with E-state index in [-0.39, 0.29) is 51.7 Å². The molecule has 4 aliphatic rings. The number of carboxylic acids is 1. The first-order valence-electron chi connectivity index (χ1n) is 18.0. The zero-order chi connectivity index (χ0) is 42.3. The van der Waals surface area contributed by atoms with Crippen molar-refractivity contribution in [3.8, 4) is 17.2 Å². The minimum Gasteiger partial charge on any atom is -0.507 e. The fraction of sp³-hybridized carbons (Fsp3) is 0.268. The highest BCUT2D eigenvalue weighted by molar-refractivity contribution is 6.33. The molecule has 304 valence electrons. The number of carbonyl (C=O) groups is 5. The van der Waals surface area contributed by atoms with Gasteiger partial charge in [-0.2, -0.15) is 18.2 Å². The number of fused-ring (bicyclic) bond motifs is 4. The van der Waals surface area contributed by atoms with Crippen LogP contribution in [0.3, 0.4) is 0 Å². The number of ether oxygens (including phenoxy) is 2. The average molecular weight is 852 g/mol. The zero-order valence-corrected chi connectivity index (χ0v) is 32.3. The number of hydrazine groups is 1. The summed E-state index contributed by atoms with van der Waals surface area (Å²) in [6.45, 7) is 0. The first-order chi connectivity index (χ1) is 28.0. The Morgan fingerprint density at radius 2 is 1.68 bits per heavy atom. The number of nitrogens with one attached hydrogen (secondary N) is 1. The molecule has 0 unspecified atom stereocenters. The number of nitrogens with zero attached hydrogens (tertiary/aromatic N) is 3. The highest BCUT2D eigenvalue weighted by atomic mass is 35.5. The van der Waals surface area contributed by atoms with Gasteiger partial charge in [-0.3, -0.25) is 29.5 Å². The molecule has 3 fully saturated rings. The summed E-state index contributed by atoms with van der Waals surface area (Å²) in [5.74, 6) is -10.6. The fourth-order valence-electron chi connectivity index (χ4n) is 9.29. The lowest BCUT2D eigenvalue weighted by Gasteiger charge is -2.50. The number of aromatic carboxylic acids is 1. The van der Waals surface area contributed by atoms with Gasteiger partial charge in [0.05, 0.1) is 59.2 Å². The molecular formula is C41H31Cl2F3N4O9. The quantitative estimate of drug-likeness (QED) is 0.123. The van der Waals surface area contributed by atoms with Gasteiger partial charge in [0, 0.05) is 34.8 Å². The SMILES string of the molecule is COc1cc(O)c([C@H]2C3=CC[C@@H]4C(=O)N(c5cccc(C(=O)O)c5)C(=O)[C@@H]4[C@@H]3C[C@H]3C(=O)N(Nc4ncc(C(F)(F)F)cc4Cl)C(=O)[C@@]23c2ccc(Cl)cc2)c(OC)c1. The summed E-state index contributed by atoms with van der Waals surface area (Å²) in [6.07, 6.45) is -2.81. The van der Waals surface area contributed by atoms with E-state index in [9.17, 15) is 42.6 Å². The standard InChI is InChI=1S/C41H31Cl2F3N4O9/c1-58-23-14-29(51)32(30(15-23)59-2)33-24-10-11-25-31(37(54)49(35(25)52)22-5-3-4-18(12-22)38(55)56)26(24)16-27-36(53)50(39(57)40(27,33)19-6-8-21(42)9-7-19)48-34-28(43)13-20(17-47-34)41(44,45)46/h3-10,12-15,17,25-27,31,33,51H,11,16H2,1-2H3,(H,47,48)(H,55,56)/t25-,26+,27-,31-,33+,40+/m0/s1. The number of alkyl halides is 3. The van der Waals surface area contributed by atoms with Gasteiger partial charge in [-0.1, -0.05) is 53.1 Å². The predicted molar refractivity (Wildman–Crippen MR) is 204 cm³/mol. The van der Waals surface area contributed by atoms with Crippen molar-refractivity contribution in [2.75, 3.05) is 24.5 Å². The van der Waals surface area contributed by atoms with Gasteiger partial charge in [-0.05, 0) is 60.7 Å². The van der Waals surface area contributed by atoms with Crippen LogP contribution in [0.1, 0.15) is 45.8 Å². The molecule has 2 aliphatic heterocycles. The summed E-state index contributed by atoms with van der Waals surface area (Å²) in [4.78, 5) is 75.7. The van der Waals surface area contributed by atoms with E-state index in [4.69, 9.17) is 32.7 Å². The van der Waals surface area contributed by atoms with Gasteiger partial charge < -0.3 is 19.7 Å². The Bertz CT molecular complexity index is 2520. The van der Waals surface area contributed by atoms with E-state index in [0.717, 1.165) is 4.90 Å². The van der Waals surface area contributed by atoms with Gasteiger partial charge >= 0.3 is 12.1 Å². The Labute approximate surface area is 342 Å². The van der Waals surface area contributed by atoms with Crippen molar-refractivity contribution in [1.29, 1.82) is 0 Å². The zero-order valence-electron chi connectivity index (χ0n) is 30.8. The molecule has 3 aromatic carbocycles. The molecule has 0 spiro atoms. The molecule has 4 aromatic rings. The molecule has 3 heterocycles. The average Bonchev–Trinajstić information content (AvgIpc) is 3.58. The third kappa shape index (κ3) is 6.06. The molecule has 1 saturated carbocycles. The number of anilines is 2. The van der Waals surface area contributed by atoms with E-state index in [1.165, 1.54) is 62.8 Å². The highest BCUT2D eigenvalue weighted by Gasteiger charge is 2.71. The van der Waals surface area contributed by atoms with Crippen LogP contribution in [-0.2, 0) is 30.8 Å². The second-order valence-corrected chi connectivity index (χ2v) is 15.4. The van der Waals surface area contributed by atoms with Crippen molar-refractivity contribution in [1.82, 2.24) is 9.99 Å². The van der Waals surface area contributed by atoms with Crippen LogP contribution in [0.25, 0.3) is 0 Å². The van der Waals surface area contributed by atoms with Crippen molar-refractivity contribution in [3.05, 3.63) is 117 Å². The van der Waals surface area contributed by atoms with Gasteiger partial charge in [-0.25, -0.2) is 9.78 Å². The number of phenolic OH excluding ortho intramolecular Hbond substituents is 1. The second kappa shape index (κ2) is 14.3. The number of aromatic nitrogens is 1. The van der Waals surface area contributed by atoms with E-state index >= 15 is 4.79 Å². The number of methoxy groups -OCH3 is 2. The van der Waals surface area contributed by atoms with Crippen molar-refractivity contribution in [2.24, 2.45) is 23.7 Å². The minimum absolute atomic E-state index is 0.0114. The third-order valence-corrected chi connectivity index (χ3v) is 12.3. The molecule has 13 nitrogen and oxygen atoms in total. The normalized spacial score (nSPS) is 25.0. The van der Waals surface area contributed by atoms with Gasteiger partial charge in [0.25, 0.3) is 11.8 Å². The largest absolute Gasteiger partial charge is 0.507 e. The number of hydrogen-bond donors (Lipinski definition) is 3. The summed E-state index contributed by atoms with van der Waals surface area (Å²) in [7, 11) is 2.69. The Morgan fingerprint density at radius 1 is 0.949 bits per heavy atom. The molecule has 1 aromatic heterocycles. The molecule has 0 bridgehead atoms. The number of pyridine rings is 1. The lowest BCUT2D eigenvalue weighted by molar-refractivity contribution is -0.139. The van der Waals surface area contributed by atoms with Crippen LogP contribution >= 0.6 is 23.2 Å². The van der Waals surface area contributed by atoms with Crippen LogP contribution in [-0.4, -0.2) is 64.0 Å². The number of carboxylic acid groups (broad SMARTS) is 1. The summed E-state index contributed by atoms with van der Waals surface area (Å²) in [5, 5.41) is 21.9. The van der Waals surface area contributed by atoms with E-state index in [1.54, 1.807) is 18.2 Å². The molecular weight excluding hydrogens is 820 g/mol. The van der Waals surface area contributed by atoms with E-state index in [1.807, 2.05) is 0 Å². The number of carbonyl (C=O) groups excluding carboxylic acids is 4. The number of rotatable bonds is 8. The topological polar surface area (TPSA) is 176 Å². The number of allylic oxidation sites excluding steroid dienone is 2. The monoisotopic (exact) mass is 850 g/mol. The number of phenols is 1. The first-order valence-corrected chi connectivity index (χ1v) is 18.8. The Morgan fingerprint density at radius 3 is 2.32 bits per heavy atom. The smallest absolute Gasteiger partial charge is 0.417 e. The van der Waals surface area contributed by atoms with E-state index in [2.05, 4.69) is 10.4 Å². The predicted octanol–water partition coefficient (Wildman–Crippen LogP) is 7.02. The van der Waals surface area contributed by atoms with Crippen LogP contribution < -0.4 is 19.8 Å². The highest BCUT2D eigenvalue weighted by Crippen LogP contribution is 2.66. The third-order valence-electron chi connectivity index (χ3n) is 11.7. The van der Waals surface area contributed by atoms with Crippen LogP contribution in [0.5, 0.6) is 17.2 Å². The van der Waals surface area contributed by atoms with E-state index in [0.29, 0.717) is 22.8 Å². The number of benzene rings is 3. The maximum absolute atomic E-state index is 15.5. The number of halogens is 5. The summed E-state index contributed by atoms with van der Waals surface area (Å²) >= 11 is 12.6. The molecule has 0 radical (unpaired) electrons. The number of aromatic hydroxyl groups is 1. The van der Waals surface area contributed by atoms with Gasteiger partial charge in [-0.15, -0.1) is 0 Å². The van der Waals surface area contributed by atoms with Crippen LogP contribution in [0.2, 0.25) is 10.0 Å². The summed E-state index contributed by atoms with van der Waals surface area (Å²) in [6, 6.07) is 14.8. The molecule has 3 N–H and O–H groups in total. The lowest BCUT2D eigenvalue weighted by atomic mass is 9.49.